The van der Waals surface area contributed by atoms with E-state index in [0.29, 0.717) is 45.2 Å². The number of hydrogen-bond acceptors (Lipinski definition) is 5. The lowest BCUT2D eigenvalue weighted by atomic mass is 10.0. The quantitative estimate of drug-likeness (QED) is 0.551. The molecule has 0 heterocycles. The Morgan fingerprint density at radius 1 is 1.05 bits per heavy atom. The summed E-state index contributed by atoms with van der Waals surface area (Å²) in [5, 5.41) is 0. The van der Waals surface area contributed by atoms with Crippen LogP contribution in [0.1, 0.15) is 20.3 Å². The third-order valence-corrected chi connectivity index (χ3v) is 5.43. The van der Waals surface area contributed by atoms with Crippen molar-refractivity contribution in [3.8, 4) is 0 Å². The third-order valence-electron chi connectivity index (χ3n) is 3.44. The molecule has 0 aromatic carbocycles. The molecule has 128 valence electrons. The van der Waals surface area contributed by atoms with Gasteiger partial charge in [0.2, 0.25) is 0 Å². The molecule has 2 N–H and O–H groups in total. The first-order valence-corrected chi connectivity index (χ1v) is 8.61. The van der Waals surface area contributed by atoms with Crippen molar-refractivity contribution in [2.24, 2.45) is 11.7 Å². The minimum Gasteiger partial charge on any atom is -0.383 e. The van der Waals surface area contributed by atoms with Gasteiger partial charge in [0, 0.05) is 46.9 Å². The SMILES string of the molecule is COCCN(CCOC)S(=O)(=O)N(C)CCC(N)C(C)C. The van der Waals surface area contributed by atoms with Crippen LogP contribution in [0.2, 0.25) is 0 Å². The van der Waals surface area contributed by atoms with Crippen LogP contribution in [0, 0.1) is 5.92 Å². The minimum absolute atomic E-state index is 0.00551. The second-order valence-corrected chi connectivity index (χ2v) is 7.45. The van der Waals surface area contributed by atoms with E-state index in [2.05, 4.69) is 0 Å². The zero-order chi connectivity index (χ0) is 16.5. The number of nitrogens with zero attached hydrogens (tertiary/aromatic N) is 2. The normalized spacial score (nSPS) is 14.3. The van der Waals surface area contributed by atoms with Gasteiger partial charge in [-0.2, -0.15) is 17.0 Å². The topological polar surface area (TPSA) is 85.1 Å². The molecule has 0 bridgehead atoms. The Morgan fingerprint density at radius 3 is 1.90 bits per heavy atom. The van der Waals surface area contributed by atoms with Crippen molar-refractivity contribution in [2.75, 3.05) is 54.1 Å². The lowest BCUT2D eigenvalue weighted by Crippen LogP contribution is -2.46. The van der Waals surface area contributed by atoms with E-state index in [9.17, 15) is 8.42 Å². The number of rotatable bonds is 12. The summed E-state index contributed by atoms with van der Waals surface area (Å²) in [6.45, 7) is 5.78. The standard InChI is InChI=1S/C13H31N3O4S/c1-12(2)13(14)6-7-15(3)21(17,18)16(8-10-19-4)9-11-20-5/h12-13H,6-11,14H2,1-5H3. The molecule has 0 aromatic heterocycles. The molecule has 0 radical (unpaired) electrons. The van der Waals surface area contributed by atoms with Crippen molar-refractivity contribution in [3.05, 3.63) is 0 Å². The lowest BCUT2D eigenvalue weighted by molar-refractivity contribution is 0.147. The first-order chi connectivity index (χ1) is 9.77. The summed E-state index contributed by atoms with van der Waals surface area (Å²) in [5.74, 6) is 0.333. The predicted molar refractivity (Wildman–Crippen MR) is 84.3 cm³/mol. The van der Waals surface area contributed by atoms with Crippen LogP contribution in [0.15, 0.2) is 0 Å². The van der Waals surface area contributed by atoms with Crippen LogP contribution in [-0.4, -0.2) is 77.2 Å². The van der Waals surface area contributed by atoms with Crippen LogP contribution in [-0.2, 0) is 19.7 Å². The fourth-order valence-corrected chi connectivity index (χ4v) is 3.05. The summed E-state index contributed by atoms with van der Waals surface area (Å²) >= 11 is 0. The summed E-state index contributed by atoms with van der Waals surface area (Å²) < 4.78 is 37.7. The summed E-state index contributed by atoms with van der Waals surface area (Å²) in [6.07, 6.45) is 0.635. The largest absolute Gasteiger partial charge is 0.383 e. The van der Waals surface area contributed by atoms with Gasteiger partial charge in [0.25, 0.3) is 10.2 Å². The van der Waals surface area contributed by atoms with Crippen LogP contribution >= 0.6 is 0 Å². The highest BCUT2D eigenvalue weighted by atomic mass is 32.2. The molecule has 0 aliphatic rings. The van der Waals surface area contributed by atoms with Gasteiger partial charge < -0.3 is 15.2 Å². The Labute approximate surface area is 129 Å². The second-order valence-electron chi connectivity index (χ2n) is 5.41. The predicted octanol–water partition coefficient (Wildman–Crippen LogP) is 0.131. The molecule has 0 aliphatic carbocycles. The fraction of sp³-hybridized carbons (Fsp3) is 1.00. The highest BCUT2D eigenvalue weighted by Crippen LogP contribution is 2.10. The molecule has 0 saturated heterocycles. The molecular weight excluding hydrogens is 294 g/mol. The van der Waals surface area contributed by atoms with E-state index < -0.39 is 10.2 Å². The van der Waals surface area contributed by atoms with Gasteiger partial charge in [0.1, 0.15) is 0 Å². The molecule has 1 unspecified atom stereocenters. The zero-order valence-electron chi connectivity index (χ0n) is 13.9. The molecule has 0 aliphatic heterocycles. The third kappa shape index (κ3) is 7.53. The average molecular weight is 325 g/mol. The lowest BCUT2D eigenvalue weighted by Gasteiger charge is -2.28. The highest BCUT2D eigenvalue weighted by molar-refractivity contribution is 7.86. The summed E-state index contributed by atoms with van der Waals surface area (Å²) in [7, 11) is 1.16. The monoisotopic (exact) mass is 325 g/mol. The summed E-state index contributed by atoms with van der Waals surface area (Å²) in [5.41, 5.74) is 5.97. The van der Waals surface area contributed by atoms with Gasteiger partial charge in [-0.1, -0.05) is 13.8 Å². The molecule has 8 heteroatoms. The van der Waals surface area contributed by atoms with Gasteiger partial charge in [-0.25, -0.2) is 0 Å². The van der Waals surface area contributed by atoms with E-state index in [-0.39, 0.29) is 6.04 Å². The summed E-state index contributed by atoms with van der Waals surface area (Å²) in [4.78, 5) is 0. The molecule has 0 aromatic rings. The Bertz CT molecular complexity index is 354. The van der Waals surface area contributed by atoms with E-state index in [0.717, 1.165) is 0 Å². The number of ether oxygens (including phenoxy) is 2. The number of nitrogens with two attached hydrogens (primary N) is 1. The van der Waals surface area contributed by atoms with Gasteiger partial charge in [0.15, 0.2) is 0 Å². The average Bonchev–Trinajstić information content (AvgIpc) is 2.43. The molecule has 0 saturated carbocycles. The number of methoxy groups -OCH3 is 2. The molecular formula is C13H31N3O4S. The van der Waals surface area contributed by atoms with E-state index in [1.54, 1.807) is 21.3 Å². The maximum absolute atomic E-state index is 12.5. The summed E-state index contributed by atoms with van der Waals surface area (Å²) in [6, 6.07) is -0.00551. The Balaban J connectivity index is 4.68. The van der Waals surface area contributed by atoms with Gasteiger partial charge in [-0.05, 0) is 12.3 Å². The van der Waals surface area contributed by atoms with Crippen LogP contribution in [0.3, 0.4) is 0 Å². The Morgan fingerprint density at radius 2 is 1.52 bits per heavy atom. The van der Waals surface area contributed by atoms with Gasteiger partial charge in [0.05, 0.1) is 13.2 Å². The maximum Gasteiger partial charge on any atom is 0.281 e. The minimum atomic E-state index is -3.52. The van der Waals surface area contributed by atoms with E-state index in [4.69, 9.17) is 15.2 Å². The van der Waals surface area contributed by atoms with Crippen molar-refractivity contribution >= 4 is 10.2 Å². The molecule has 0 rings (SSSR count). The molecule has 21 heavy (non-hydrogen) atoms. The van der Waals surface area contributed by atoms with E-state index >= 15 is 0 Å². The highest BCUT2D eigenvalue weighted by Gasteiger charge is 2.26. The molecule has 0 amide bonds. The van der Waals surface area contributed by atoms with Crippen molar-refractivity contribution in [1.82, 2.24) is 8.61 Å². The van der Waals surface area contributed by atoms with Gasteiger partial charge in [-0.15, -0.1) is 0 Å². The fourth-order valence-electron chi connectivity index (χ4n) is 1.71. The van der Waals surface area contributed by atoms with Crippen molar-refractivity contribution in [1.29, 1.82) is 0 Å². The molecule has 0 fully saturated rings. The maximum atomic E-state index is 12.5. The Kier molecular flexibility index (Phi) is 10.3. The van der Waals surface area contributed by atoms with Crippen molar-refractivity contribution in [2.45, 2.75) is 26.3 Å². The Hall–Kier alpha value is -0.250. The first kappa shape index (κ1) is 20.8. The molecule has 7 nitrogen and oxygen atoms in total. The van der Waals surface area contributed by atoms with E-state index in [1.165, 1.54) is 8.61 Å². The zero-order valence-corrected chi connectivity index (χ0v) is 14.7. The van der Waals surface area contributed by atoms with Gasteiger partial charge in [-0.3, -0.25) is 0 Å². The van der Waals surface area contributed by atoms with E-state index in [1.807, 2.05) is 13.8 Å². The second kappa shape index (κ2) is 10.5. The van der Waals surface area contributed by atoms with Crippen LogP contribution in [0.5, 0.6) is 0 Å². The number of hydrogen-bond donors (Lipinski definition) is 1. The van der Waals surface area contributed by atoms with Crippen LogP contribution in [0.4, 0.5) is 0 Å². The van der Waals surface area contributed by atoms with Crippen molar-refractivity contribution < 1.29 is 17.9 Å². The van der Waals surface area contributed by atoms with Crippen LogP contribution < -0.4 is 5.73 Å². The molecule has 1 atom stereocenters. The van der Waals surface area contributed by atoms with Crippen molar-refractivity contribution in [3.63, 3.8) is 0 Å². The molecule has 0 spiro atoms. The first-order valence-electron chi connectivity index (χ1n) is 7.22. The smallest absolute Gasteiger partial charge is 0.281 e. The van der Waals surface area contributed by atoms with Crippen LogP contribution in [0.25, 0.3) is 0 Å². The van der Waals surface area contributed by atoms with Gasteiger partial charge >= 0.3 is 0 Å².